The number of hydrogen-bond donors (Lipinski definition) is 1. The Labute approximate surface area is 158 Å². The van der Waals surface area contributed by atoms with Crippen LogP contribution in [0.5, 0.6) is 0 Å². The van der Waals surface area contributed by atoms with Crippen LogP contribution in [-0.2, 0) is 14.8 Å². The number of rotatable bonds is 5. The highest BCUT2D eigenvalue weighted by Crippen LogP contribution is 2.35. The molecule has 8 heteroatoms. The molecule has 1 aromatic carbocycles. The highest BCUT2D eigenvalue weighted by molar-refractivity contribution is 7.89. The minimum Gasteiger partial charge on any atom is -0.326 e. The molecule has 0 radical (unpaired) electrons. The molecule has 0 aliphatic carbocycles. The lowest BCUT2D eigenvalue weighted by Crippen LogP contribution is -2.32. The van der Waals surface area contributed by atoms with Crippen molar-refractivity contribution < 1.29 is 13.2 Å². The van der Waals surface area contributed by atoms with Crippen molar-refractivity contribution in [3.8, 4) is 0 Å². The van der Waals surface area contributed by atoms with Gasteiger partial charge in [-0.25, -0.2) is 12.7 Å². The number of carbonyl (C=O) groups excluding carboxylic acids is 1. The predicted octanol–water partition coefficient (Wildman–Crippen LogP) is 2.74. The number of amides is 1. The SMILES string of the molecule is CCS(=O)(=O)N1C[C@@H](C(=O)Nc2cccc(Cl)c2)[C@H](c2ccncc2)C1. The molecule has 1 saturated heterocycles. The maximum atomic E-state index is 12.9. The van der Waals surface area contributed by atoms with Gasteiger partial charge >= 0.3 is 0 Å². The zero-order valence-electron chi connectivity index (χ0n) is 14.3. The van der Waals surface area contributed by atoms with Crippen molar-refractivity contribution in [2.75, 3.05) is 24.2 Å². The van der Waals surface area contributed by atoms with Crippen molar-refractivity contribution in [1.29, 1.82) is 0 Å². The van der Waals surface area contributed by atoms with Gasteiger partial charge in [-0.05, 0) is 42.8 Å². The van der Waals surface area contributed by atoms with Crippen LogP contribution in [0.1, 0.15) is 18.4 Å². The van der Waals surface area contributed by atoms with Gasteiger partial charge in [-0.1, -0.05) is 17.7 Å². The molecule has 0 saturated carbocycles. The van der Waals surface area contributed by atoms with Crippen molar-refractivity contribution in [2.45, 2.75) is 12.8 Å². The number of pyridine rings is 1. The number of nitrogens with zero attached hydrogens (tertiary/aromatic N) is 2. The average Bonchev–Trinajstić information content (AvgIpc) is 3.09. The van der Waals surface area contributed by atoms with Crippen molar-refractivity contribution in [2.24, 2.45) is 5.92 Å². The van der Waals surface area contributed by atoms with Crippen LogP contribution in [0.2, 0.25) is 5.02 Å². The second-order valence-electron chi connectivity index (χ2n) is 6.21. The number of aromatic nitrogens is 1. The molecule has 0 spiro atoms. The van der Waals surface area contributed by atoms with Gasteiger partial charge in [-0.2, -0.15) is 0 Å². The molecule has 2 aromatic rings. The maximum Gasteiger partial charge on any atom is 0.229 e. The first-order chi connectivity index (χ1) is 12.4. The fourth-order valence-electron chi connectivity index (χ4n) is 3.19. The predicted molar refractivity (Wildman–Crippen MR) is 102 cm³/mol. The van der Waals surface area contributed by atoms with E-state index < -0.39 is 15.9 Å². The Hall–Kier alpha value is -1.96. The summed E-state index contributed by atoms with van der Waals surface area (Å²) < 4.78 is 26.0. The van der Waals surface area contributed by atoms with Crippen molar-refractivity contribution >= 4 is 33.2 Å². The van der Waals surface area contributed by atoms with Crippen LogP contribution in [0, 0.1) is 5.92 Å². The molecule has 1 fully saturated rings. The molecule has 1 aromatic heterocycles. The highest BCUT2D eigenvalue weighted by Gasteiger charge is 2.42. The second kappa shape index (κ2) is 7.73. The molecule has 0 unspecified atom stereocenters. The molecule has 1 aliphatic heterocycles. The Balaban J connectivity index is 1.87. The molecule has 26 heavy (non-hydrogen) atoms. The van der Waals surface area contributed by atoms with Crippen LogP contribution in [-0.4, -0.2) is 42.5 Å². The Morgan fingerprint density at radius 2 is 2.00 bits per heavy atom. The number of benzene rings is 1. The molecule has 1 N–H and O–H groups in total. The second-order valence-corrected chi connectivity index (χ2v) is 8.90. The molecule has 2 heterocycles. The minimum absolute atomic E-state index is 0.0126. The average molecular weight is 394 g/mol. The maximum absolute atomic E-state index is 12.9. The molecule has 1 aliphatic rings. The summed E-state index contributed by atoms with van der Waals surface area (Å²) >= 11 is 5.97. The van der Waals surface area contributed by atoms with Gasteiger partial charge in [0.1, 0.15) is 0 Å². The van der Waals surface area contributed by atoms with Crippen LogP contribution in [0.15, 0.2) is 48.8 Å². The van der Waals surface area contributed by atoms with Gasteiger partial charge in [-0.15, -0.1) is 0 Å². The summed E-state index contributed by atoms with van der Waals surface area (Å²) in [6.45, 7) is 2.06. The summed E-state index contributed by atoms with van der Waals surface area (Å²) in [7, 11) is -3.37. The Kier molecular flexibility index (Phi) is 5.60. The number of carbonyl (C=O) groups is 1. The van der Waals surface area contributed by atoms with E-state index in [1.807, 2.05) is 12.1 Å². The van der Waals surface area contributed by atoms with Gasteiger partial charge in [0.25, 0.3) is 0 Å². The van der Waals surface area contributed by atoms with Crippen molar-refractivity contribution in [3.63, 3.8) is 0 Å². The van der Waals surface area contributed by atoms with Crippen LogP contribution < -0.4 is 5.32 Å². The number of hydrogen-bond acceptors (Lipinski definition) is 4. The van der Waals surface area contributed by atoms with E-state index >= 15 is 0 Å². The van der Waals surface area contributed by atoms with Gasteiger partial charge < -0.3 is 5.32 Å². The Bertz CT molecular complexity index is 890. The van der Waals surface area contributed by atoms with E-state index in [4.69, 9.17) is 11.6 Å². The first-order valence-electron chi connectivity index (χ1n) is 8.35. The van der Waals surface area contributed by atoms with E-state index in [1.54, 1.807) is 43.6 Å². The van der Waals surface area contributed by atoms with Gasteiger partial charge in [0, 0.05) is 42.1 Å². The monoisotopic (exact) mass is 393 g/mol. The molecular formula is C18H20ClN3O3S. The van der Waals surface area contributed by atoms with E-state index in [0.29, 0.717) is 10.7 Å². The van der Waals surface area contributed by atoms with Crippen LogP contribution in [0.4, 0.5) is 5.69 Å². The zero-order chi connectivity index (χ0) is 18.7. The summed E-state index contributed by atoms with van der Waals surface area (Å²) in [4.78, 5) is 16.9. The van der Waals surface area contributed by atoms with Gasteiger partial charge in [0.15, 0.2) is 0 Å². The molecule has 1 amide bonds. The molecule has 3 rings (SSSR count). The Morgan fingerprint density at radius 1 is 1.27 bits per heavy atom. The van der Waals surface area contributed by atoms with Gasteiger partial charge in [0.2, 0.25) is 15.9 Å². The number of nitrogens with one attached hydrogen (secondary N) is 1. The van der Waals surface area contributed by atoms with E-state index in [-0.39, 0.29) is 30.7 Å². The zero-order valence-corrected chi connectivity index (χ0v) is 15.9. The van der Waals surface area contributed by atoms with Crippen LogP contribution in [0.25, 0.3) is 0 Å². The summed E-state index contributed by atoms with van der Waals surface area (Å²) in [5.41, 5.74) is 1.49. The molecular weight excluding hydrogens is 374 g/mol. The third-order valence-corrected chi connectivity index (χ3v) is 6.66. The normalized spacial score (nSPS) is 20.8. The lowest BCUT2D eigenvalue weighted by Gasteiger charge is -2.18. The molecule has 0 bridgehead atoms. The number of sulfonamides is 1. The fourth-order valence-corrected chi connectivity index (χ4v) is 4.52. The van der Waals surface area contributed by atoms with Gasteiger partial charge in [-0.3, -0.25) is 9.78 Å². The Morgan fingerprint density at radius 3 is 2.65 bits per heavy atom. The summed E-state index contributed by atoms with van der Waals surface area (Å²) in [6.07, 6.45) is 3.30. The van der Waals surface area contributed by atoms with Crippen LogP contribution >= 0.6 is 11.6 Å². The standard InChI is InChI=1S/C18H20ClN3O3S/c1-2-26(24,25)22-11-16(13-6-8-20-9-7-13)17(12-22)18(23)21-15-5-3-4-14(19)10-15/h3-10,16-17H,2,11-12H2,1H3,(H,21,23)/t16-,17+/m0/s1. The number of anilines is 1. The summed E-state index contributed by atoms with van der Waals surface area (Å²) in [5, 5.41) is 3.38. The first-order valence-corrected chi connectivity index (χ1v) is 10.3. The third kappa shape index (κ3) is 4.06. The van der Waals surface area contributed by atoms with E-state index in [1.165, 1.54) is 4.31 Å². The number of halogens is 1. The summed E-state index contributed by atoms with van der Waals surface area (Å²) in [5.74, 6) is -0.919. The van der Waals surface area contributed by atoms with E-state index in [9.17, 15) is 13.2 Å². The molecule has 138 valence electrons. The smallest absolute Gasteiger partial charge is 0.229 e. The van der Waals surface area contributed by atoms with Gasteiger partial charge in [0.05, 0.1) is 11.7 Å². The van der Waals surface area contributed by atoms with Crippen LogP contribution in [0.3, 0.4) is 0 Å². The topological polar surface area (TPSA) is 79.4 Å². The first kappa shape index (κ1) is 18.8. The molecule has 6 nitrogen and oxygen atoms in total. The fraction of sp³-hybridized carbons (Fsp3) is 0.333. The van der Waals surface area contributed by atoms with E-state index in [0.717, 1.165) is 5.56 Å². The quantitative estimate of drug-likeness (QED) is 0.847. The van der Waals surface area contributed by atoms with Crippen molar-refractivity contribution in [1.82, 2.24) is 9.29 Å². The van der Waals surface area contributed by atoms with Crippen molar-refractivity contribution in [3.05, 3.63) is 59.4 Å². The van der Waals surface area contributed by atoms with E-state index in [2.05, 4.69) is 10.3 Å². The third-order valence-electron chi connectivity index (χ3n) is 4.61. The summed E-state index contributed by atoms with van der Waals surface area (Å²) in [6, 6.07) is 10.5. The largest absolute Gasteiger partial charge is 0.326 e. The lowest BCUT2D eigenvalue weighted by atomic mass is 9.89. The minimum atomic E-state index is -3.37. The molecule has 2 atom stereocenters. The highest BCUT2D eigenvalue weighted by atomic mass is 35.5. The lowest BCUT2D eigenvalue weighted by molar-refractivity contribution is -0.119.